The lowest BCUT2D eigenvalue weighted by atomic mass is 9.89. The minimum atomic E-state index is -0.591. The molecule has 2 N–H and O–H groups in total. The molecule has 1 aromatic carbocycles. The fraction of sp³-hybridized carbons (Fsp3) is 0.607. The maximum Gasteiger partial charge on any atom is 0.305 e. The molecule has 0 unspecified atom stereocenters. The number of rotatable bonds is 17. The topological polar surface area (TPSA) is 94.5 Å². The van der Waals surface area contributed by atoms with Crippen molar-refractivity contribution in [2.24, 2.45) is 11.8 Å². The van der Waals surface area contributed by atoms with Crippen LogP contribution in [-0.2, 0) is 30.2 Å². The molecule has 2 rings (SSSR count). The number of unbranched alkanes of at least 4 members (excludes halogenated alkanes) is 1. The molecule has 1 aliphatic carbocycles. The van der Waals surface area contributed by atoms with Crippen LogP contribution in [0.15, 0.2) is 54.6 Å². The SMILES string of the molecule is COCCOCO[C@H](C=C[C@@H]1[C@@H](CC=CCCCC(=O)OC)[C@@H](O)C[C@H]1O)CCc1ccccc1. The molecule has 0 bridgehead atoms. The van der Waals surface area contributed by atoms with Gasteiger partial charge in [-0.1, -0.05) is 54.6 Å². The first kappa shape index (κ1) is 29.2. The highest BCUT2D eigenvalue weighted by molar-refractivity contribution is 5.69. The number of methoxy groups -OCH3 is 2. The highest BCUT2D eigenvalue weighted by atomic mass is 16.7. The van der Waals surface area contributed by atoms with Crippen LogP contribution in [0, 0.1) is 11.8 Å². The Hall–Kier alpha value is -2.03. The number of aryl methyl sites for hydroxylation is 1. The number of allylic oxidation sites excluding steroid dienone is 2. The second-order valence-electron chi connectivity index (χ2n) is 8.92. The monoisotopic (exact) mass is 490 g/mol. The van der Waals surface area contributed by atoms with E-state index in [0.29, 0.717) is 32.5 Å². The largest absolute Gasteiger partial charge is 0.469 e. The van der Waals surface area contributed by atoms with Crippen LogP contribution in [0.2, 0.25) is 0 Å². The lowest BCUT2D eigenvalue weighted by Crippen LogP contribution is -2.21. The van der Waals surface area contributed by atoms with E-state index in [0.717, 1.165) is 25.7 Å². The molecule has 1 saturated carbocycles. The van der Waals surface area contributed by atoms with Gasteiger partial charge in [-0.25, -0.2) is 0 Å². The minimum absolute atomic E-state index is 0.0640. The van der Waals surface area contributed by atoms with E-state index < -0.39 is 12.2 Å². The number of aliphatic hydroxyl groups excluding tert-OH is 2. The third-order valence-electron chi connectivity index (χ3n) is 6.38. The van der Waals surface area contributed by atoms with Gasteiger partial charge in [-0.3, -0.25) is 4.79 Å². The van der Waals surface area contributed by atoms with Crippen molar-refractivity contribution in [2.75, 3.05) is 34.2 Å². The Morgan fingerprint density at radius 1 is 1.11 bits per heavy atom. The number of carbonyl (C=O) groups excluding carboxylic acids is 1. The van der Waals surface area contributed by atoms with Crippen LogP contribution in [0.3, 0.4) is 0 Å². The van der Waals surface area contributed by atoms with Gasteiger partial charge in [-0.15, -0.1) is 0 Å². The van der Waals surface area contributed by atoms with Gasteiger partial charge in [0.15, 0.2) is 0 Å². The summed E-state index contributed by atoms with van der Waals surface area (Å²) in [6.07, 6.45) is 11.3. The number of esters is 1. The van der Waals surface area contributed by atoms with E-state index in [9.17, 15) is 15.0 Å². The first-order chi connectivity index (χ1) is 17.0. The Balaban J connectivity index is 1.92. The summed E-state index contributed by atoms with van der Waals surface area (Å²) in [5.74, 6) is -0.418. The zero-order valence-corrected chi connectivity index (χ0v) is 21.1. The van der Waals surface area contributed by atoms with Crippen molar-refractivity contribution in [1.82, 2.24) is 0 Å². The zero-order valence-electron chi connectivity index (χ0n) is 21.1. The van der Waals surface area contributed by atoms with Gasteiger partial charge >= 0.3 is 5.97 Å². The van der Waals surface area contributed by atoms with Crippen LogP contribution in [0.25, 0.3) is 0 Å². The number of aliphatic hydroxyl groups is 2. The summed E-state index contributed by atoms with van der Waals surface area (Å²) in [6, 6.07) is 10.3. The average Bonchev–Trinajstić information content (AvgIpc) is 3.14. The number of carbonyl (C=O) groups is 1. The molecule has 0 spiro atoms. The lowest BCUT2D eigenvalue weighted by molar-refractivity contribution is -0.140. The first-order valence-electron chi connectivity index (χ1n) is 12.5. The maximum absolute atomic E-state index is 11.2. The van der Waals surface area contributed by atoms with Crippen LogP contribution >= 0.6 is 0 Å². The van der Waals surface area contributed by atoms with Crippen LogP contribution < -0.4 is 0 Å². The quantitative estimate of drug-likeness (QED) is 0.148. The molecular formula is C28H42O7. The summed E-state index contributed by atoms with van der Waals surface area (Å²) in [6.45, 7) is 1.14. The summed E-state index contributed by atoms with van der Waals surface area (Å²) in [5.41, 5.74) is 1.24. The molecule has 5 atom stereocenters. The van der Waals surface area contributed by atoms with E-state index >= 15 is 0 Å². The molecule has 1 aromatic rings. The van der Waals surface area contributed by atoms with Crippen molar-refractivity contribution in [3.8, 4) is 0 Å². The Morgan fingerprint density at radius 2 is 1.91 bits per heavy atom. The van der Waals surface area contributed by atoms with Crippen molar-refractivity contribution in [3.05, 3.63) is 60.2 Å². The molecule has 196 valence electrons. The fourth-order valence-electron chi connectivity index (χ4n) is 4.32. The molecule has 1 aliphatic rings. The van der Waals surface area contributed by atoms with Gasteiger partial charge in [-0.2, -0.15) is 0 Å². The molecule has 0 amide bonds. The van der Waals surface area contributed by atoms with Gasteiger partial charge in [-0.05, 0) is 43.6 Å². The molecule has 0 saturated heterocycles. The molecule has 0 radical (unpaired) electrons. The average molecular weight is 491 g/mol. The van der Waals surface area contributed by atoms with Crippen LogP contribution in [0.5, 0.6) is 0 Å². The van der Waals surface area contributed by atoms with Gasteiger partial charge in [0.25, 0.3) is 0 Å². The first-order valence-corrected chi connectivity index (χ1v) is 12.5. The van der Waals surface area contributed by atoms with Crippen molar-refractivity contribution in [2.45, 2.75) is 63.3 Å². The molecular weight excluding hydrogens is 448 g/mol. The van der Waals surface area contributed by atoms with Crippen LogP contribution in [-0.4, -0.2) is 68.7 Å². The molecule has 0 aromatic heterocycles. The van der Waals surface area contributed by atoms with E-state index in [1.165, 1.54) is 12.7 Å². The van der Waals surface area contributed by atoms with E-state index in [2.05, 4.69) is 16.9 Å². The second kappa shape index (κ2) is 17.4. The van der Waals surface area contributed by atoms with E-state index in [-0.39, 0.29) is 30.7 Å². The second-order valence-corrected chi connectivity index (χ2v) is 8.92. The number of hydrogen-bond acceptors (Lipinski definition) is 7. The Labute approximate surface area is 209 Å². The summed E-state index contributed by atoms with van der Waals surface area (Å²) < 4.78 is 21.1. The fourth-order valence-corrected chi connectivity index (χ4v) is 4.32. The number of ether oxygens (including phenoxy) is 4. The van der Waals surface area contributed by atoms with Crippen molar-refractivity contribution < 1.29 is 34.0 Å². The maximum atomic E-state index is 11.2. The Bertz CT molecular complexity index is 749. The molecule has 7 heteroatoms. The zero-order chi connectivity index (χ0) is 25.3. The van der Waals surface area contributed by atoms with E-state index in [1.54, 1.807) is 7.11 Å². The van der Waals surface area contributed by atoms with Crippen LogP contribution in [0.4, 0.5) is 0 Å². The summed E-state index contributed by atoms with van der Waals surface area (Å²) in [4.78, 5) is 11.2. The molecule has 1 fully saturated rings. The van der Waals surface area contributed by atoms with E-state index in [1.807, 2.05) is 42.5 Å². The summed E-state index contributed by atoms with van der Waals surface area (Å²) >= 11 is 0. The molecule has 0 aliphatic heterocycles. The highest BCUT2D eigenvalue weighted by Gasteiger charge is 2.39. The predicted octanol–water partition coefficient (Wildman–Crippen LogP) is 3.83. The summed E-state index contributed by atoms with van der Waals surface area (Å²) in [5, 5.41) is 21.1. The van der Waals surface area contributed by atoms with Gasteiger partial charge < -0.3 is 29.2 Å². The highest BCUT2D eigenvalue weighted by Crippen LogP contribution is 2.36. The van der Waals surface area contributed by atoms with Gasteiger partial charge in [0.2, 0.25) is 0 Å². The number of hydrogen-bond donors (Lipinski definition) is 2. The van der Waals surface area contributed by atoms with Crippen molar-refractivity contribution in [1.29, 1.82) is 0 Å². The lowest BCUT2D eigenvalue weighted by Gasteiger charge is -2.21. The van der Waals surface area contributed by atoms with Crippen LogP contribution in [0.1, 0.15) is 44.1 Å². The van der Waals surface area contributed by atoms with Crippen molar-refractivity contribution in [3.63, 3.8) is 0 Å². The smallest absolute Gasteiger partial charge is 0.305 e. The Kier molecular flexibility index (Phi) is 14.5. The van der Waals surface area contributed by atoms with Gasteiger partial charge in [0.05, 0.1) is 38.6 Å². The van der Waals surface area contributed by atoms with Gasteiger partial charge in [0.1, 0.15) is 6.79 Å². The minimum Gasteiger partial charge on any atom is -0.469 e. The number of benzene rings is 1. The third-order valence-corrected chi connectivity index (χ3v) is 6.38. The molecule has 7 nitrogen and oxygen atoms in total. The van der Waals surface area contributed by atoms with E-state index in [4.69, 9.17) is 14.2 Å². The molecule has 0 heterocycles. The van der Waals surface area contributed by atoms with Gasteiger partial charge in [0, 0.05) is 25.9 Å². The summed E-state index contributed by atoms with van der Waals surface area (Å²) in [7, 11) is 3.02. The van der Waals surface area contributed by atoms with Crippen molar-refractivity contribution >= 4 is 5.97 Å². The predicted molar refractivity (Wildman–Crippen MR) is 135 cm³/mol. The molecule has 35 heavy (non-hydrogen) atoms. The third kappa shape index (κ3) is 11.5. The standard InChI is InChI=1S/C28H42O7/c1-32-18-19-34-21-35-23(15-14-22-10-6-5-7-11-22)16-17-25-24(26(29)20-27(25)30)12-8-3-4-9-13-28(31)33-2/h3,5-8,10-11,16-17,23-27,29-30H,4,9,12-15,18-21H2,1-2H3/t23-,24+,25+,26-,27+/m0/s1. The Morgan fingerprint density at radius 3 is 2.66 bits per heavy atom. The normalized spacial score (nSPS) is 23.3.